The molecule has 3 rings (SSSR count). The van der Waals surface area contributed by atoms with Crippen LogP contribution < -0.4 is 20.1 Å². The number of fused-ring (bicyclic) bond motifs is 1. The van der Waals surface area contributed by atoms with E-state index in [0.29, 0.717) is 6.54 Å². The molecular formula is C20H28N4O3. The SMILES string of the molecule is COc1ccc(CCCNC(=O)N[C@H]2CCCc3c2cnn3C)cc1OC. The van der Waals surface area contributed by atoms with Crippen molar-refractivity contribution in [3.8, 4) is 11.5 Å². The number of aryl methyl sites for hydroxylation is 2. The van der Waals surface area contributed by atoms with Gasteiger partial charge in [-0.15, -0.1) is 0 Å². The van der Waals surface area contributed by atoms with Crippen molar-refractivity contribution in [1.82, 2.24) is 20.4 Å². The van der Waals surface area contributed by atoms with Crippen LogP contribution >= 0.6 is 0 Å². The summed E-state index contributed by atoms with van der Waals surface area (Å²) >= 11 is 0. The summed E-state index contributed by atoms with van der Waals surface area (Å²) in [5, 5.41) is 10.4. The number of ether oxygens (including phenoxy) is 2. The molecule has 0 aliphatic heterocycles. The fraction of sp³-hybridized carbons (Fsp3) is 0.500. The molecule has 1 aliphatic rings. The highest BCUT2D eigenvalue weighted by Crippen LogP contribution is 2.29. The molecule has 1 atom stereocenters. The van der Waals surface area contributed by atoms with E-state index in [9.17, 15) is 4.79 Å². The summed E-state index contributed by atoms with van der Waals surface area (Å²) in [6, 6.07) is 5.83. The monoisotopic (exact) mass is 372 g/mol. The average Bonchev–Trinajstić information content (AvgIpc) is 3.07. The van der Waals surface area contributed by atoms with Crippen LogP contribution in [0.3, 0.4) is 0 Å². The molecule has 0 spiro atoms. The van der Waals surface area contributed by atoms with Gasteiger partial charge in [-0.05, 0) is 49.8 Å². The molecule has 2 N–H and O–H groups in total. The average molecular weight is 372 g/mol. The summed E-state index contributed by atoms with van der Waals surface area (Å²) < 4.78 is 12.5. The molecule has 7 nitrogen and oxygen atoms in total. The third-order valence-electron chi connectivity index (χ3n) is 5.06. The Balaban J connectivity index is 1.44. The molecule has 1 aromatic carbocycles. The topological polar surface area (TPSA) is 77.4 Å². The predicted octanol–water partition coefficient (Wildman–Crippen LogP) is 2.75. The van der Waals surface area contributed by atoms with Crippen LogP contribution in [0.25, 0.3) is 0 Å². The summed E-state index contributed by atoms with van der Waals surface area (Å²) in [5.41, 5.74) is 3.52. The molecule has 0 unspecified atom stereocenters. The Morgan fingerprint density at radius 1 is 1.30 bits per heavy atom. The van der Waals surface area contributed by atoms with E-state index >= 15 is 0 Å². The second-order valence-electron chi connectivity index (χ2n) is 6.81. The fourth-order valence-electron chi connectivity index (χ4n) is 3.60. The maximum atomic E-state index is 12.2. The number of benzene rings is 1. The fourth-order valence-corrected chi connectivity index (χ4v) is 3.60. The molecule has 0 bridgehead atoms. The van der Waals surface area contributed by atoms with Gasteiger partial charge in [-0.3, -0.25) is 4.68 Å². The Morgan fingerprint density at radius 2 is 2.11 bits per heavy atom. The van der Waals surface area contributed by atoms with E-state index < -0.39 is 0 Å². The van der Waals surface area contributed by atoms with Crippen molar-refractivity contribution in [1.29, 1.82) is 0 Å². The molecule has 1 aromatic heterocycles. The number of hydrogen-bond donors (Lipinski definition) is 2. The molecule has 27 heavy (non-hydrogen) atoms. The van der Waals surface area contributed by atoms with Gasteiger partial charge >= 0.3 is 6.03 Å². The molecule has 0 saturated carbocycles. The van der Waals surface area contributed by atoms with Gasteiger partial charge in [0.2, 0.25) is 0 Å². The number of nitrogens with one attached hydrogen (secondary N) is 2. The number of carbonyl (C=O) groups is 1. The van der Waals surface area contributed by atoms with E-state index in [-0.39, 0.29) is 12.1 Å². The van der Waals surface area contributed by atoms with Gasteiger partial charge in [0.05, 0.1) is 26.5 Å². The lowest BCUT2D eigenvalue weighted by molar-refractivity contribution is 0.235. The van der Waals surface area contributed by atoms with Gasteiger partial charge in [0.25, 0.3) is 0 Å². The Labute approximate surface area is 160 Å². The molecule has 0 saturated heterocycles. The number of urea groups is 1. The first-order valence-corrected chi connectivity index (χ1v) is 9.38. The predicted molar refractivity (Wildman–Crippen MR) is 103 cm³/mol. The van der Waals surface area contributed by atoms with E-state index in [1.807, 2.05) is 36.1 Å². The standard InChI is InChI=1S/C20H28N4O3/c1-24-17-8-4-7-16(15(17)13-22-24)23-20(25)21-11-5-6-14-9-10-18(26-2)19(12-14)27-3/h9-10,12-13,16H,4-8,11H2,1-3H3,(H2,21,23,25)/t16-/m0/s1. The molecule has 1 aliphatic carbocycles. The Morgan fingerprint density at radius 3 is 2.89 bits per heavy atom. The molecule has 0 fully saturated rings. The van der Waals surface area contributed by atoms with Crippen LogP contribution in [-0.4, -0.2) is 36.6 Å². The molecule has 0 radical (unpaired) electrons. The van der Waals surface area contributed by atoms with Crippen molar-refractivity contribution in [2.45, 2.75) is 38.1 Å². The Kier molecular flexibility index (Phi) is 6.21. The zero-order valence-electron chi connectivity index (χ0n) is 16.2. The van der Waals surface area contributed by atoms with Crippen LogP contribution in [0, 0.1) is 0 Å². The molecule has 7 heteroatoms. The van der Waals surface area contributed by atoms with Gasteiger partial charge in [-0.1, -0.05) is 6.07 Å². The van der Waals surface area contributed by atoms with E-state index in [0.717, 1.165) is 54.7 Å². The maximum absolute atomic E-state index is 12.2. The van der Waals surface area contributed by atoms with Crippen molar-refractivity contribution in [3.63, 3.8) is 0 Å². The second kappa shape index (κ2) is 8.79. The molecule has 2 aromatic rings. The van der Waals surface area contributed by atoms with Crippen LogP contribution in [0.5, 0.6) is 11.5 Å². The number of amides is 2. The number of rotatable bonds is 7. The number of methoxy groups -OCH3 is 2. The number of carbonyl (C=O) groups excluding carboxylic acids is 1. The van der Waals surface area contributed by atoms with Crippen molar-refractivity contribution in [2.75, 3.05) is 20.8 Å². The largest absolute Gasteiger partial charge is 0.493 e. The van der Waals surface area contributed by atoms with Gasteiger partial charge in [-0.2, -0.15) is 5.10 Å². The van der Waals surface area contributed by atoms with E-state index in [4.69, 9.17) is 9.47 Å². The van der Waals surface area contributed by atoms with Crippen LogP contribution in [0.4, 0.5) is 4.79 Å². The lowest BCUT2D eigenvalue weighted by Gasteiger charge is -2.24. The van der Waals surface area contributed by atoms with E-state index in [2.05, 4.69) is 15.7 Å². The van der Waals surface area contributed by atoms with Gasteiger partial charge in [0.1, 0.15) is 0 Å². The lowest BCUT2D eigenvalue weighted by Crippen LogP contribution is -2.39. The first kappa shape index (κ1) is 19.1. The molecular weight excluding hydrogens is 344 g/mol. The van der Waals surface area contributed by atoms with Crippen LogP contribution in [-0.2, 0) is 19.9 Å². The van der Waals surface area contributed by atoms with Gasteiger partial charge < -0.3 is 20.1 Å². The lowest BCUT2D eigenvalue weighted by atomic mass is 9.93. The Hall–Kier alpha value is -2.70. The van der Waals surface area contributed by atoms with E-state index in [1.165, 1.54) is 5.69 Å². The summed E-state index contributed by atoms with van der Waals surface area (Å²) in [5.74, 6) is 1.45. The third-order valence-corrected chi connectivity index (χ3v) is 5.06. The minimum atomic E-state index is -0.121. The van der Waals surface area contributed by atoms with Gasteiger partial charge in [-0.25, -0.2) is 4.79 Å². The molecule has 146 valence electrons. The zero-order valence-corrected chi connectivity index (χ0v) is 16.2. The van der Waals surface area contributed by atoms with E-state index in [1.54, 1.807) is 14.2 Å². The van der Waals surface area contributed by atoms with Crippen molar-refractivity contribution in [2.24, 2.45) is 7.05 Å². The quantitative estimate of drug-likeness (QED) is 0.733. The Bertz CT molecular complexity index is 788. The first-order valence-electron chi connectivity index (χ1n) is 9.38. The third kappa shape index (κ3) is 4.53. The number of nitrogens with zero attached hydrogens (tertiary/aromatic N) is 2. The summed E-state index contributed by atoms with van der Waals surface area (Å²) in [6.45, 7) is 0.618. The highest BCUT2D eigenvalue weighted by molar-refractivity contribution is 5.74. The maximum Gasteiger partial charge on any atom is 0.315 e. The van der Waals surface area contributed by atoms with Gasteiger partial charge in [0.15, 0.2) is 11.5 Å². The summed E-state index contributed by atoms with van der Waals surface area (Å²) in [4.78, 5) is 12.2. The molecule has 1 heterocycles. The highest BCUT2D eigenvalue weighted by atomic mass is 16.5. The van der Waals surface area contributed by atoms with Gasteiger partial charge in [0, 0.05) is 24.8 Å². The van der Waals surface area contributed by atoms with Crippen LogP contribution in [0.15, 0.2) is 24.4 Å². The normalized spacial score (nSPS) is 15.7. The first-order chi connectivity index (χ1) is 13.1. The van der Waals surface area contributed by atoms with Crippen molar-refractivity contribution >= 4 is 6.03 Å². The summed E-state index contributed by atoms with van der Waals surface area (Å²) in [7, 11) is 5.21. The minimum Gasteiger partial charge on any atom is -0.493 e. The number of hydrogen-bond acceptors (Lipinski definition) is 4. The minimum absolute atomic E-state index is 0.0494. The number of aromatic nitrogens is 2. The van der Waals surface area contributed by atoms with Crippen LogP contribution in [0.1, 0.15) is 42.1 Å². The van der Waals surface area contributed by atoms with Crippen molar-refractivity contribution < 1.29 is 14.3 Å². The molecule has 2 amide bonds. The second-order valence-corrected chi connectivity index (χ2v) is 6.81. The smallest absolute Gasteiger partial charge is 0.315 e. The highest BCUT2D eigenvalue weighted by Gasteiger charge is 2.24. The summed E-state index contributed by atoms with van der Waals surface area (Å²) in [6.07, 6.45) is 6.63. The zero-order chi connectivity index (χ0) is 19.2. The van der Waals surface area contributed by atoms with Crippen molar-refractivity contribution in [3.05, 3.63) is 41.2 Å². The van der Waals surface area contributed by atoms with Crippen LogP contribution in [0.2, 0.25) is 0 Å².